The normalized spacial score (nSPS) is 16.8. The second-order valence-electron chi connectivity index (χ2n) is 5.15. The largest absolute Gasteiger partial charge is 0.465 e. The van der Waals surface area contributed by atoms with Crippen LogP contribution in [0.2, 0.25) is 0 Å². The first-order chi connectivity index (χ1) is 10.1. The van der Waals surface area contributed by atoms with E-state index in [-0.39, 0.29) is 11.9 Å². The van der Waals surface area contributed by atoms with Gasteiger partial charge in [0.15, 0.2) is 0 Å². The van der Waals surface area contributed by atoms with Crippen molar-refractivity contribution in [3.63, 3.8) is 0 Å². The summed E-state index contributed by atoms with van der Waals surface area (Å²) >= 11 is 5.29. The number of ether oxygens (including phenoxy) is 1. The van der Waals surface area contributed by atoms with Gasteiger partial charge in [-0.05, 0) is 38.3 Å². The molecule has 0 bridgehead atoms. The predicted molar refractivity (Wildman–Crippen MR) is 87.7 cm³/mol. The van der Waals surface area contributed by atoms with Crippen LogP contribution in [0.3, 0.4) is 0 Å². The summed E-state index contributed by atoms with van der Waals surface area (Å²) < 4.78 is 6.20. The first kappa shape index (κ1) is 14.7. The highest BCUT2D eigenvalue weighted by Gasteiger charge is 2.33. The monoisotopic (exact) mass is 365 g/mol. The molecule has 1 heterocycles. The number of aromatic nitrogens is 1. The molecule has 0 fully saturated rings. The van der Waals surface area contributed by atoms with Gasteiger partial charge in [0.05, 0.1) is 12.3 Å². The molecule has 21 heavy (non-hydrogen) atoms. The summed E-state index contributed by atoms with van der Waals surface area (Å²) in [6, 6.07) is 6.24. The minimum Gasteiger partial charge on any atom is -0.465 e. The standard InChI is InChI=1S/C16H16BrNO2S/c1-3-20-16(19)11-6-7-13-14(11)18-15(21-13)10-5-4-9(2)8-12(10)17/h4-5,8,11H,3,6-7H2,1-2H3. The number of aryl methyl sites for hydroxylation is 2. The highest BCUT2D eigenvalue weighted by molar-refractivity contribution is 9.10. The average Bonchev–Trinajstić information content (AvgIpc) is 2.98. The molecule has 0 saturated heterocycles. The summed E-state index contributed by atoms with van der Waals surface area (Å²) in [6.07, 6.45) is 1.74. The third kappa shape index (κ3) is 2.77. The summed E-state index contributed by atoms with van der Waals surface area (Å²) in [5, 5.41) is 0.973. The minimum absolute atomic E-state index is 0.143. The number of carbonyl (C=O) groups excluding carboxylic acids is 1. The molecule has 0 amide bonds. The van der Waals surface area contributed by atoms with Gasteiger partial charge in [-0.15, -0.1) is 11.3 Å². The van der Waals surface area contributed by atoms with Crippen molar-refractivity contribution in [1.29, 1.82) is 0 Å². The maximum Gasteiger partial charge on any atom is 0.315 e. The molecule has 1 aromatic heterocycles. The number of nitrogens with zero attached hydrogens (tertiary/aromatic N) is 1. The highest BCUT2D eigenvalue weighted by Crippen LogP contribution is 2.41. The second kappa shape index (κ2) is 5.89. The molecular weight excluding hydrogens is 350 g/mol. The van der Waals surface area contributed by atoms with Crippen molar-refractivity contribution in [2.45, 2.75) is 32.6 Å². The lowest BCUT2D eigenvalue weighted by molar-refractivity contribution is -0.145. The van der Waals surface area contributed by atoms with Crippen LogP contribution in [0.15, 0.2) is 22.7 Å². The molecule has 0 saturated carbocycles. The Balaban J connectivity index is 1.95. The zero-order chi connectivity index (χ0) is 15.0. The van der Waals surface area contributed by atoms with E-state index in [2.05, 4.69) is 41.1 Å². The Morgan fingerprint density at radius 3 is 3.05 bits per heavy atom. The van der Waals surface area contributed by atoms with Crippen LogP contribution in [0, 0.1) is 6.92 Å². The van der Waals surface area contributed by atoms with Crippen LogP contribution >= 0.6 is 27.3 Å². The first-order valence-electron chi connectivity index (χ1n) is 7.03. The molecule has 0 aliphatic heterocycles. The summed E-state index contributed by atoms with van der Waals surface area (Å²) in [5.74, 6) is -0.328. The molecule has 3 rings (SSSR count). The quantitative estimate of drug-likeness (QED) is 0.753. The number of halogens is 1. The van der Waals surface area contributed by atoms with Crippen molar-refractivity contribution in [3.8, 4) is 10.6 Å². The number of hydrogen-bond acceptors (Lipinski definition) is 4. The highest BCUT2D eigenvalue weighted by atomic mass is 79.9. The van der Waals surface area contributed by atoms with Gasteiger partial charge in [-0.25, -0.2) is 4.98 Å². The van der Waals surface area contributed by atoms with E-state index in [1.54, 1.807) is 11.3 Å². The van der Waals surface area contributed by atoms with E-state index in [4.69, 9.17) is 9.72 Å². The second-order valence-corrected chi connectivity index (χ2v) is 7.09. The van der Waals surface area contributed by atoms with E-state index in [1.165, 1.54) is 10.4 Å². The maximum absolute atomic E-state index is 12.0. The van der Waals surface area contributed by atoms with E-state index in [1.807, 2.05) is 6.92 Å². The van der Waals surface area contributed by atoms with E-state index in [0.717, 1.165) is 33.6 Å². The van der Waals surface area contributed by atoms with Crippen molar-refractivity contribution in [3.05, 3.63) is 38.8 Å². The van der Waals surface area contributed by atoms with Gasteiger partial charge in [-0.3, -0.25) is 4.79 Å². The molecule has 5 heteroatoms. The number of thiazole rings is 1. The zero-order valence-corrected chi connectivity index (χ0v) is 14.4. The zero-order valence-electron chi connectivity index (χ0n) is 12.0. The van der Waals surface area contributed by atoms with E-state index in [0.29, 0.717) is 6.61 Å². The minimum atomic E-state index is -0.186. The van der Waals surface area contributed by atoms with Crippen LogP contribution in [0.1, 0.15) is 35.4 Å². The van der Waals surface area contributed by atoms with Gasteiger partial charge in [0.25, 0.3) is 0 Å². The van der Waals surface area contributed by atoms with Gasteiger partial charge < -0.3 is 4.74 Å². The lowest BCUT2D eigenvalue weighted by Crippen LogP contribution is -2.14. The fraction of sp³-hybridized carbons (Fsp3) is 0.375. The van der Waals surface area contributed by atoms with Gasteiger partial charge in [0, 0.05) is 14.9 Å². The third-order valence-corrected chi connectivity index (χ3v) is 5.46. The van der Waals surface area contributed by atoms with Crippen LogP contribution in [0.4, 0.5) is 0 Å². The summed E-state index contributed by atoms with van der Waals surface area (Å²) in [6.45, 7) is 4.32. The lowest BCUT2D eigenvalue weighted by Gasteiger charge is -2.08. The van der Waals surface area contributed by atoms with E-state index in [9.17, 15) is 4.79 Å². The Hall–Kier alpha value is -1.20. The number of rotatable bonds is 3. The SMILES string of the molecule is CCOC(=O)C1CCc2sc(-c3ccc(C)cc3Br)nc21. The molecule has 0 spiro atoms. The molecule has 1 aromatic carbocycles. The maximum atomic E-state index is 12.0. The number of fused-ring (bicyclic) bond motifs is 1. The molecule has 0 N–H and O–H groups in total. The Morgan fingerprint density at radius 2 is 2.33 bits per heavy atom. The number of hydrogen-bond donors (Lipinski definition) is 0. The third-order valence-electron chi connectivity index (χ3n) is 3.64. The van der Waals surface area contributed by atoms with E-state index < -0.39 is 0 Å². The Kier molecular flexibility index (Phi) is 4.13. The number of esters is 1. The van der Waals surface area contributed by atoms with Gasteiger partial charge in [-0.2, -0.15) is 0 Å². The summed E-state index contributed by atoms with van der Waals surface area (Å²) in [7, 11) is 0. The summed E-state index contributed by atoms with van der Waals surface area (Å²) in [4.78, 5) is 17.9. The number of benzene rings is 1. The van der Waals surface area contributed by atoms with E-state index >= 15 is 0 Å². The van der Waals surface area contributed by atoms with Gasteiger partial charge in [0.2, 0.25) is 0 Å². The van der Waals surface area contributed by atoms with Crippen LogP contribution in [-0.4, -0.2) is 17.6 Å². The van der Waals surface area contributed by atoms with Crippen molar-refractivity contribution in [2.75, 3.05) is 6.61 Å². The van der Waals surface area contributed by atoms with Crippen LogP contribution in [0.25, 0.3) is 10.6 Å². The molecule has 110 valence electrons. The molecular formula is C16H16BrNO2S. The predicted octanol–water partition coefficient (Wildman–Crippen LogP) is 4.47. The molecule has 1 unspecified atom stereocenters. The van der Waals surface area contributed by atoms with Crippen molar-refractivity contribution < 1.29 is 9.53 Å². The average molecular weight is 366 g/mol. The smallest absolute Gasteiger partial charge is 0.315 e. The molecule has 2 aromatic rings. The van der Waals surface area contributed by atoms with Crippen LogP contribution in [0.5, 0.6) is 0 Å². The van der Waals surface area contributed by atoms with Crippen molar-refractivity contribution >= 4 is 33.2 Å². The Labute approximate surface area is 136 Å². The van der Waals surface area contributed by atoms with Crippen molar-refractivity contribution in [2.24, 2.45) is 0 Å². The molecule has 1 aliphatic carbocycles. The van der Waals surface area contributed by atoms with Gasteiger partial charge in [-0.1, -0.05) is 28.1 Å². The Bertz CT molecular complexity index is 696. The van der Waals surface area contributed by atoms with Gasteiger partial charge in [0.1, 0.15) is 10.9 Å². The molecule has 0 radical (unpaired) electrons. The lowest BCUT2D eigenvalue weighted by atomic mass is 10.1. The topological polar surface area (TPSA) is 39.2 Å². The summed E-state index contributed by atoms with van der Waals surface area (Å²) in [5.41, 5.74) is 3.21. The fourth-order valence-corrected chi connectivity index (χ4v) is 4.60. The number of carbonyl (C=O) groups is 1. The molecule has 3 nitrogen and oxygen atoms in total. The Morgan fingerprint density at radius 1 is 1.52 bits per heavy atom. The molecule has 1 aliphatic rings. The van der Waals surface area contributed by atoms with Crippen LogP contribution in [-0.2, 0) is 16.0 Å². The van der Waals surface area contributed by atoms with Crippen LogP contribution < -0.4 is 0 Å². The van der Waals surface area contributed by atoms with Crippen molar-refractivity contribution in [1.82, 2.24) is 4.98 Å². The molecule has 1 atom stereocenters. The first-order valence-corrected chi connectivity index (χ1v) is 8.64. The van der Waals surface area contributed by atoms with Gasteiger partial charge >= 0.3 is 5.97 Å². The fourth-order valence-electron chi connectivity index (χ4n) is 2.61.